The Morgan fingerprint density at radius 3 is 2.58 bits per heavy atom. The molecule has 3 rings (SSSR count). The molecule has 1 saturated carbocycles. The van der Waals surface area contributed by atoms with E-state index in [0.717, 1.165) is 24.8 Å². The first-order valence-corrected chi connectivity index (χ1v) is 9.23. The van der Waals surface area contributed by atoms with Crippen LogP contribution in [0.2, 0.25) is 0 Å². The largest absolute Gasteiger partial charge is 0.484 e. The summed E-state index contributed by atoms with van der Waals surface area (Å²) in [6.07, 6.45) is 3.21. The van der Waals surface area contributed by atoms with Crippen LogP contribution >= 0.6 is 0 Å². The second-order valence-corrected chi connectivity index (χ2v) is 6.99. The van der Waals surface area contributed by atoms with Gasteiger partial charge in [-0.2, -0.15) is 0 Å². The fraction of sp³-hybridized carbons (Fsp3) is 0.579. The lowest BCUT2D eigenvalue weighted by Gasteiger charge is -2.18. The molecule has 7 nitrogen and oxygen atoms in total. The molecule has 1 aromatic carbocycles. The summed E-state index contributed by atoms with van der Waals surface area (Å²) in [5.41, 5.74) is 6.54. The van der Waals surface area contributed by atoms with Crippen LogP contribution in [-0.4, -0.2) is 43.2 Å². The van der Waals surface area contributed by atoms with Gasteiger partial charge in [-0.25, -0.2) is 0 Å². The van der Waals surface area contributed by atoms with Crippen molar-refractivity contribution in [3.05, 3.63) is 29.8 Å². The summed E-state index contributed by atoms with van der Waals surface area (Å²) in [5, 5.41) is 5.85. The number of amides is 2. The van der Waals surface area contributed by atoms with Crippen molar-refractivity contribution in [2.75, 3.05) is 13.2 Å². The molecule has 0 bridgehead atoms. The predicted molar refractivity (Wildman–Crippen MR) is 96.6 cm³/mol. The maximum absolute atomic E-state index is 12.3. The fourth-order valence-corrected chi connectivity index (χ4v) is 2.96. The van der Waals surface area contributed by atoms with Crippen LogP contribution in [0, 0.1) is 0 Å². The van der Waals surface area contributed by atoms with Crippen LogP contribution in [-0.2, 0) is 14.3 Å². The lowest BCUT2D eigenvalue weighted by molar-refractivity contribution is -0.132. The van der Waals surface area contributed by atoms with Crippen molar-refractivity contribution in [1.82, 2.24) is 10.6 Å². The number of nitrogens with two attached hydrogens (primary N) is 1. The van der Waals surface area contributed by atoms with Crippen LogP contribution in [0.4, 0.5) is 0 Å². The molecular formula is C19H27N3O4. The molecule has 2 amide bonds. The summed E-state index contributed by atoms with van der Waals surface area (Å²) in [4.78, 5) is 23.9. The first-order chi connectivity index (χ1) is 12.5. The zero-order chi connectivity index (χ0) is 18.5. The van der Waals surface area contributed by atoms with Crippen molar-refractivity contribution in [2.45, 2.75) is 56.9 Å². The van der Waals surface area contributed by atoms with Gasteiger partial charge in [0.1, 0.15) is 11.9 Å². The third kappa shape index (κ3) is 5.19. The fourth-order valence-electron chi connectivity index (χ4n) is 2.96. The molecule has 26 heavy (non-hydrogen) atoms. The molecule has 1 aliphatic heterocycles. The third-order valence-electron chi connectivity index (χ3n) is 4.71. The standard InChI is InChI=1S/C19H27N3O4/c1-12(21-19(24)17-9-8-16(10-20)26-17)13-2-6-15(7-3-13)25-11-18(23)22-14-4-5-14/h2-3,6-7,12,14,16-17H,4-5,8-11,20H2,1H3,(H,21,24)(H,22,23)/t12?,16-,17+/m1/s1. The number of benzene rings is 1. The molecule has 3 atom stereocenters. The van der Waals surface area contributed by atoms with E-state index in [0.29, 0.717) is 24.8 Å². The lowest BCUT2D eigenvalue weighted by atomic mass is 10.1. The van der Waals surface area contributed by atoms with E-state index in [1.807, 2.05) is 19.1 Å². The summed E-state index contributed by atoms with van der Waals surface area (Å²) >= 11 is 0. The minimum Gasteiger partial charge on any atom is -0.484 e. The molecule has 142 valence electrons. The number of hydrogen-bond donors (Lipinski definition) is 3. The minimum absolute atomic E-state index is 0.0173. The van der Waals surface area contributed by atoms with E-state index in [1.165, 1.54) is 0 Å². The first kappa shape index (κ1) is 18.7. The summed E-state index contributed by atoms with van der Waals surface area (Å²) < 4.78 is 11.1. The highest BCUT2D eigenvalue weighted by Crippen LogP contribution is 2.22. The van der Waals surface area contributed by atoms with Gasteiger partial charge in [-0.3, -0.25) is 9.59 Å². The molecule has 1 unspecified atom stereocenters. The van der Waals surface area contributed by atoms with Crippen LogP contribution in [0.15, 0.2) is 24.3 Å². The average Bonchev–Trinajstić information content (AvgIpc) is 3.32. The summed E-state index contributed by atoms with van der Waals surface area (Å²) in [6, 6.07) is 7.57. The number of ether oxygens (including phenoxy) is 2. The normalized spacial score (nSPS) is 23.3. The Kier molecular flexibility index (Phi) is 6.11. The van der Waals surface area contributed by atoms with Gasteiger partial charge in [-0.15, -0.1) is 0 Å². The van der Waals surface area contributed by atoms with Gasteiger partial charge in [0.2, 0.25) is 5.91 Å². The summed E-state index contributed by atoms with van der Waals surface area (Å²) in [7, 11) is 0. The van der Waals surface area contributed by atoms with Gasteiger partial charge < -0.3 is 25.8 Å². The molecule has 1 aromatic rings. The van der Waals surface area contributed by atoms with Gasteiger partial charge in [0.05, 0.1) is 12.1 Å². The minimum atomic E-state index is -0.418. The quantitative estimate of drug-likeness (QED) is 0.642. The van der Waals surface area contributed by atoms with Crippen molar-refractivity contribution >= 4 is 11.8 Å². The Bertz CT molecular complexity index is 630. The summed E-state index contributed by atoms with van der Waals surface area (Å²) in [5.74, 6) is 0.429. The molecule has 4 N–H and O–H groups in total. The maximum atomic E-state index is 12.3. The average molecular weight is 361 g/mol. The molecule has 2 fully saturated rings. The smallest absolute Gasteiger partial charge is 0.258 e. The molecular weight excluding hydrogens is 334 g/mol. The van der Waals surface area contributed by atoms with Crippen LogP contribution in [0.3, 0.4) is 0 Å². The third-order valence-corrected chi connectivity index (χ3v) is 4.71. The first-order valence-electron chi connectivity index (χ1n) is 9.23. The van der Waals surface area contributed by atoms with E-state index < -0.39 is 6.10 Å². The molecule has 1 saturated heterocycles. The molecule has 0 spiro atoms. The number of rotatable bonds is 8. The van der Waals surface area contributed by atoms with E-state index in [-0.39, 0.29) is 30.6 Å². The maximum Gasteiger partial charge on any atom is 0.258 e. The molecule has 0 radical (unpaired) electrons. The Morgan fingerprint density at radius 2 is 1.96 bits per heavy atom. The van der Waals surface area contributed by atoms with Gasteiger partial charge in [0.25, 0.3) is 5.91 Å². The van der Waals surface area contributed by atoms with Crippen molar-refractivity contribution < 1.29 is 19.1 Å². The highest BCUT2D eigenvalue weighted by Gasteiger charge is 2.30. The second kappa shape index (κ2) is 8.51. The van der Waals surface area contributed by atoms with Crippen molar-refractivity contribution in [2.24, 2.45) is 5.73 Å². The SMILES string of the molecule is CC(NC(=O)[C@@H]1CC[C@H](CN)O1)c1ccc(OCC(=O)NC2CC2)cc1. The Hall–Kier alpha value is -2.12. The van der Waals surface area contributed by atoms with E-state index in [1.54, 1.807) is 12.1 Å². The van der Waals surface area contributed by atoms with E-state index >= 15 is 0 Å². The van der Waals surface area contributed by atoms with Crippen LogP contribution < -0.4 is 21.1 Å². The van der Waals surface area contributed by atoms with Gasteiger partial charge in [-0.05, 0) is 50.3 Å². The molecule has 2 aliphatic rings. The summed E-state index contributed by atoms with van der Waals surface area (Å²) in [6.45, 7) is 2.38. The van der Waals surface area contributed by atoms with Gasteiger partial charge in [-0.1, -0.05) is 12.1 Å². The van der Waals surface area contributed by atoms with Crippen LogP contribution in [0.5, 0.6) is 5.75 Å². The number of hydrogen-bond acceptors (Lipinski definition) is 5. The highest BCUT2D eigenvalue weighted by atomic mass is 16.5. The molecule has 1 aliphatic carbocycles. The van der Waals surface area contributed by atoms with Gasteiger partial charge in [0.15, 0.2) is 6.61 Å². The number of nitrogens with one attached hydrogen (secondary N) is 2. The van der Waals surface area contributed by atoms with Crippen LogP contribution in [0.25, 0.3) is 0 Å². The zero-order valence-corrected chi connectivity index (χ0v) is 15.1. The highest BCUT2D eigenvalue weighted by molar-refractivity contribution is 5.81. The zero-order valence-electron chi connectivity index (χ0n) is 15.1. The van der Waals surface area contributed by atoms with E-state index in [2.05, 4.69) is 10.6 Å². The molecule has 0 aromatic heterocycles. The van der Waals surface area contributed by atoms with Gasteiger partial charge in [0, 0.05) is 12.6 Å². The van der Waals surface area contributed by atoms with E-state index in [4.69, 9.17) is 15.2 Å². The monoisotopic (exact) mass is 361 g/mol. The predicted octanol–water partition coefficient (Wildman–Crippen LogP) is 1.03. The second-order valence-electron chi connectivity index (χ2n) is 6.99. The number of carbonyl (C=O) groups excluding carboxylic acids is 2. The Morgan fingerprint density at radius 1 is 1.23 bits per heavy atom. The molecule has 7 heteroatoms. The Labute approximate surface area is 153 Å². The lowest BCUT2D eigenvalue weighted by Crippen LogP contribution is -2.37. The van der Waals surface area contributed by atoms with Crippen molar-refractivity contribution in [1.29, 1.82) is 0 Å². The molecule has 1 heterocycles. The van der Waals surface area contributed by atoms with Gasteiger partial charge >= 0.3 is 0 Å². The van der Waals surface area contributed by atoms with E-state index in [9.17, 15) is 9.59 Å². The topological polar surface area (TPSA) is 103 Å². The Balaban J connectivity index is 1.44. The number of carbonyl (C=O) groups is 2. The van der Waals surface area contributed by atoms with Crippen LogP contribution in [0.1, 0.15) is 44.2 Å². The van der Waals surface area contributed by atoms with Crippen molar-refractivity contribution in [3.63, 3.8) is 0 Å². The van der Waals surface area contributed by atoms with Crippen molar-refractivity contribution in [3.8, 4) is 5.75 Å².